The van der Waals surface area contributed by atoms with E-state index >= 15 is 0 Å². The van der Waals surface area contributed by atoms with Gasteiger partial charge in [0.15, 0.2) is 0 Å². The van der Waals surface area contributed by atoms with Gasteiger partial charge in [-0.3, -0.25) is 4.79 Å². The van der Waals surface area contributed by atoms with E-state index in [9.17, 15) is 13.2 Å². The van der Waals surface area contributed by atoms with Gasteiger partial charge in [-0.1, -0.05) is 11.6 Å². The molecule has 1 N–H and O–H groups in total. The van der Waals surface area contributed by atoms with E-state index in [1.54, 1.807) is 17.0 Å². The molecule has 1 aliphatic heterocycles. The number of piperidine rings is 1. The van der Waals surface area contributed by atoms with Crippen LogP contribution < -0.4 is 9.46 Å². The number of carbonyl (C=O) groups excluding carboxylic acids is 1. The van der Waals surface area contributed by atoms with Crippen LogP contribution in [0.15, 0.2) is 52.3 Å². The fraction of sp³-hybridized carbons (Fsp3) is 0.381. The van der Waals surface area contributed by atoms with Gasteiger partial charge in [0.05, 0.1) is 17.6 Å². The number of hydrogen-bond donors (Lipinski definition) is 1. The number of carbonyl (C=O) groups is 1. The molecule has 1 aliphatic rings. The van der Waals surface area contributed by atoms with Crippen molar-refractivity contribution >= 4 is 39.3 Å². The summed E-state index contributed by atoms with van der Waals surface area (Å²) < 4.78 is 33.4. The van der Waals surface area contributed by atoms with Crippen LogP contribution in [0.3, 0.4) is 0 Å². The molecule has 1 amide bonds. The molecule has 0 aromatic heterocycles. The summed E-state index contributed by atoms with van der Waals surface area (Å²) in [7, 11) is -2.27. The molecule has 0 aliphatic carbocycles. The zero-order chi connectivity index (χ0) is 21.6. The number of rotatable bonds is 8. The summed E-state index contributed by atoms with van der Waals surface area (Å²) in [6, 6.07) is 11.8. The average Bonchev–Trinajstić information content (AvgIpc) is 2.77. The van der Waals surface area contributed by atoms with Crippen LogP contribution in [-0.4, -0.2) is 51.7 Å². The maximum atomic E-state index is 12.9. The van der Waals surface area contributed by atoms with Crippen molar-refractivity contribution in [1.29, 1.82) is 0 Å². The molecular formula is C21H25ClN2O4S2. The number of thioether (sulfide) groups is 1. The standard InChI is InChI=1S/C21H25ClN2O4S2/c1-28-20-10-9-18(15-19(20)21(25)24-12-3-2-4-13-24)30(26,27)23-11-14-29-17-7-5-16(22)6-8-17/h5-10,15,23H,2-4,11-14H2,1H3. The minimum absolute atomic E-state index is 0.0557. The number of hydrogen-bond acceptors (Lipinski definition) is 5. The van der Waals surface area contributed by atoms with E-state index in [4.69, 9.17) is 16.3 Å². The topological polar surface area (TPSA) is 75.7 Å². The maximum Gasteiger partial charge on any atom is 0.257 e. The lowest BCUT2D eigenvalue weighted by atomic mass is 10.1. The van der Waals surface area contributed by atoms with Gasteiger partial charge in [0.25, 0.3) is 5.91 Å². The van der Waals surface area contributed by atoms with Crippen molar-refractivity contribution in [3.63, 3.8) is 0 Å². The van der Waals surface area contributed by atoms with Gasteiger partial charge < -0.3 is 9.64 Å². The van der Waals surface area contributed by atoms with Gasteiger partial charge in [-0.15, -0.1) is 11.8 Å². The Balaban J connectivity index is 1.67. The highest BCUT2D eigenvalue weighted by molar-refractivity contribution is 7.99. The van der Waals surface area contributed by atoms with Gasteiger partial charge in [-0.2, -0.15) is 0 Å². The molecule has 0 spiro atoms. The van der Waals surface area contributed by atoms with Gasteiger partial charge in [0.2, 0.25) is 10.0 Å². The molecule has 0 unspecified atom stereocenters. The van der Waals surface area contributed by atoms with E-state index in [-0.39, 0.29) is 22.9 Å². The van der Waals surface area contributed by atoms with Crippen molar-refractivity contribution in [3.05, 3.63) is 53.1 Å². The maximum absolute atomic E-state index is 12.9. The molecule has 1 fully saturated rings. The first-order chi connectivity index (χ1) is 14.4. The molecule has 1 saturated heterocycles. The Bertz CT molecular complexity index is 975. The first kappa shape index (κ1) is 22.9. The van der Waals surface area contributed by atoms with Crippen LogP contribution in [0.1, 0.15) is 29.6 Å². The van der Waals surface area contributed by atoms with Gasteiger partial charge in [0.1, 0.15) is 5.75 Å². The number of nitrogens with one attached hydrogen (secondary N) is 1. The Hall–Kier alpha value is -1.74. The Labute approximate surface area is 187 Å². The van der Waals surface area contributed by atoms with E-state index in [1.165, 1.54) is 37.1 Å². The normalized spacial score (nSPS) is 14.5. The largest absolute Gasteiger partial charge is 0.496 e. The fourth-order valence-corrected chi connectivity index (χ4v) is 5.33. The first-order valence-corrected chi connectivity index (χ1v) is 12.6. The Morgan fingerprint density at radius 3 is 2.50 bits per heavy atom. The number of benzene rings is 2. The Kier molecular flexibility index (Phi) is 8.05. The molecule has 2 aromatic carbocycles. The van der Waals surface area contributed by atoms with Crippen molar-refractivity contribution in [2.24, 2.45) is 0 Å². The van der Waals surface area contributed by atoms with Crippen LogP contribution in [0.4, 0.5) is 0 Å². The molecule has 0 bridgehead atoms. The van der Waals surface area contributed by atoms with E-state index in [0.717, 1.165) is 24.2 Å². The van der Waals surface area contributed by atoms with Crippen LogP contribution in [0.25, 0.3) is 0 Å². The molecule has 6 nitrogen and oxygen atoms in total. The van der Waals surface area contributed by atoms with Crippen LogP contribution >= 0.6 is 23.4 Å². The molecule has 3 rings (SSSR count). The van der Waals surface area contributed by atoms with Crippen LogP contribution in [-0.2, 0) is 10.0 Å². The molecule has 0 saturated carbocycles. The zero-order valence-corrected chi connectivity index (χ0v) is 19.2. The van der Waals surface area contributed by atoms with Gasteiger partial charge in [0, 0.05) is 35.3 Å². The third-order valence-electron chi connectivity index (χ3n) is 4.83. The van der Waals surface area contributed by atoms with Crippen molar-refractivity contribution < 1.29 is 17.9 Å². The van der Waals surface area contributed by atoms with E-state index in [1.807, 2.05) is 12.1 Å². The average molecular weight is 469 g/mol. The summed E-state index contributed by atoms with van der Waals surface area (Å²) in [4.78, 5) is 15.7. The van der Waals surface area contributed by atoms with Crippen molar-refractivity contribution in [1.82, 2.24) is 9.62 Å². The van der Waals surface area contributed by atoms with Crippen molar-refractivity contribution in [2.45, 2.75) is 29.1 Å². The fourth-order valence-electron chi connectivity index (χ4n) is 3.25. The summed E-state index contributed by atoms with van der Waals surface area (Å²) >= 11 is 7.40. The number of halogens is 1. The highest BCUT2D eigenvalue weighted by Gasteiger charge is 2.24. The summed E-state index contributed by atoms with van der Waals surface area (Å²) in [5.41, 5.74) is 0.276. The number of nitrogens with zero attached hydrogens (tertiary/aromatic N) is 1. The minimum atomic E-state index is -3.74. The van der Waals surface area contributed by atoms with Gasteiger partial charge in [-0.25, -0.2) is 13.1 Å². The molecule has 0 radical (unpaired) electrons. The second-order valence-corrected chi connectivity index (χ2v) is 10.3. The summed E-state index contributed by atoms with van der Waals surface area (Å²) in [6.45, 7) is 1.62. The summed E-state index contributed by atoms with van der Waals surface area (Å²) in [5.74, 6) is 0.751. The van der Waals surface area contributed by atoms with Gasteiger partial charge in [-0.05, 0) is 61.7 Å². The van der Waals surface area contributed by atoms with Gasteiger partial charge >= 0.3 is 0 Å². The number of ether oxygens (including phenoxy) is 1. The zero-order valence-electron chi connectivity index (χ0n) is 16.8. The number of likely N-dealkylation sites (tertiary alicyclic amines) is 1. The van der Waals surface area contributed by atoms with Crippen LogP contribution in [0, 0.1) is 0 Å². The Morgan fingerprint density at radius 2 is 1.83 bits per heavy atom. The van der Waals surface area contributed by atoms with Crippen LogP contribution in [0.5, 0.6) is 5.75 Å². The lowest BCUT2D eigenvalue weighted by Gasteiger charge is -2.27. The third kappa shape index (κ3) is 5.91. The number of methoxy groups -OCH3 is 1. The van der Waals surface area contributed by atoms with Crippen molar-refractivity contribution in [3.8, 4) is 5.75 Å². The summed E-state index contributed by atoms with van der Waals surface area (Å²) in [6.07, 6.45) is 3.02. The number of sulfonamides is 1. The minimum Gasteiger partial charge on any atom is -0.496 e. The predicted octanol–water partition coefficient (Wildman–Crippen LogP) is 4.05. The second kappa shape index (κ2) is 10.5. The SMILES string of the molecule is COc1ccc(S(=O)(=O)NCCSc2ccc(Cl)cc2)cc1C(=O)N1CCCCC1. The van der Waals surface area contributed by atoms with E-state index < -0.39 is 10.0 Å². The highest BCUT2D eigenvalue weighted by Crippen LogP contribution is 2.25. The molecule has 0 atom stereocenters. The Morgan fingerprint density at radius 1 is 1.13 bits per heavy atom. The molecule has 162 valence electrons. The molecule has 30 heavy (non-hydrogen) atoms. The quantitative estimate of drug-likeness (QED) is 0.467. The molecule has 9 heteroatoms. The molecule has 2 aromatic rings. The monoisotopic (exact) mass is 468 g/mol. The van der Waals surface area contributed by atoms with E-state index in [2.05, 4.69) is 4.72 Å². The highest BCUT2D eigenvalue weighted by atomic mass is 35.5. The first-order valence-electron chi connectivity index (χ1n) is 9.76. The molecule has 1 heterocycles. The summed E-state index contributed by atoms with van der Waals surface area (Å²) in [5, 5.41) is 0.662. The lowest BCUT2D eigenvalue weighted by molar-refractivity contribution is 0.0720. The predicted molar refractivity (Wildman–Crippen MR) is 120 cm³/mol. The second-order valence-electron chi connectivity index (χ2n) is 6.92. The lowest BCUT2D eigenvalue weighted by Crippen LogP contribution is -2.36. The van der Waals surface area contributed by atoms with Crippen LogP contribution in [0.2, 0.25) is 5.02 Å². The smallest absolute Gasteiger partial charge is 0.257 e. The third-order valence-corrected chi connectivity index (χ3v) is 7.56. The van der Waals surface area contributed by atoms with Crippen molar-refractivity contribution in [2.75, 3.05) is 32.5 Å². The molecular weight excluding hydrogens is 444 g/mol. The number of amides is 1. The van der Waals surface area contributed by atoms with E-state index in [0.29, 0.717) is 29.6 Å².